The van der Waals surface area contributed by atoms with Crippen LogP contribution in [0.5, 0.6) is 0 Å². The van der Waals surface area contributed by atoms with Gasteiger partial charge in [-0.1, -0.05) is 85.7 Å². The molecule has 2 aromatic carbocycles. The average Bonchev–Trinajstić information content (AvgIpc) is 3.44. The SMILES string of the molecule is C=CC[C@H](CC(=O)NC1(CO)CCCC1)C(=O)NC[C@@H](OC(=O)[C@@H](CC=C)Cc1ccccc1)c1ccccc1. The molecule has 1 fully saturated rings. The number of carbonyl (C=O) groups excluding carboxylic acids is 3. The second-order valence-electron chi connectivity index (χ2n) is 10.6. The summed E-state index contributed by atoms with van der Waals surface area (Å²) in [7, 11) is 0. The van der Waals surface area contributed by atoms with Gasteiger partial charge in [-0.2, -0.15) is 0 Å². The van der Waals surface area contributed by atoms with E-state index in [0.29, 0.717) is 19.3 Å². The van der Waals surface area contributed by atoms with Gasteiger partial charge in [0.2, 0.25) is 11.8 Å². The monoisotopic (exact) mass is 546 g/mol. The Morgan fingerprint density at radius 2 is 1.52 bits per heavy atom. The molecule has 3 atom stereocenters. The van der Waals surface area contributed by atoms with E-state index in [9.17, 15) is 19.5 Å². The molecular weight excluding hydrogens is 504 g/mol. The van der Waals surface area contributed by atoms with Crippen molar-refractivity contribution in [3.8, 4) is 0 Å². The number of nitrogens with one attached hydrogen (secondary N) is 2. The Kier molecular flexibility index (Phi) is 12.2. The second-order valence-corrected chi connectivity index (χ2v) is 10.6. The number of esters is 1. The van der Waals surface area contributed by atoms with Crippen molar-refractivity contribution in [2.75, 3.05) is 13.2 Å². The van der Waals surface area contributed by atoms with Gasteiger partial charge in [-0.05, 0) is 43.2 Å². The first kappa shape index (κ1) is 30.8. The predicted molar refractivity (Wildman–Crippen MR) is 156 cm³/mol. The van der Waals surface area contributed by atoms with Crippen LogP contribution in [0.25, 0.3) is 0 Å². The number of ether oxygens (including phenoxy) is 1. The van der Waals surface area contributed by atoms with Crippen molar-refractivity contribution < 1.29 is 24.2 Å². The number of aliphatic hydroxyl groups is 1. The molecule has 3 N–H and O–H groups in total. The van der Waals surface area contributed by atoms with Gasteiger partial charge in [-0.15, -0.1) is 13.2 Å². The maximum absolute atomic E-state index is 13.3. The molecule has 1 saturated carbocycles. The van der Waals surface area contributed by atoms with E-state index < -0.39 is 23.5 Å². The summed E-state index contributed by atoms with van der Waals surface area (Å²) in [5, 5.41) is 15.7. The van der Waals surface area contributed by atoms with Crippen molar-refractivity contribution in [1.82, 2.24) is 10.6 Å². The van der Waals surface area contributed by atoms with Gasteiger partial charge in [0, 0.05) is 6.42 Å². The molecule has 0 unspecified atom stereocenters. The van der Waals surface area contributed by atoms with E-state index in [-0.39, 0.29) is 37.4 Å². The third-order valence-corrected chi connectivity index (χ3v) is 7.52. The molecule has 1 aliphatic carbocycles. The van der Waals surface area contributed by atoms with Crippen LogP contribution in [-0.4, -0.2) is 41.6 Å². The fourth-order valence-corrected chi connectivity index (χ4v) is 5.26. The molecule has 214 valence electrons. The number of hydrogen-bond acceptors (Lipinski definition) is 5. The first-order chi connectivity index (χ1) is 19.4. The first-order valence-corrected chi connectivity index (χ1v) is 14.1. The van der Waals surface area contributed by atoms with E-state index in [4.69, 9.17) is 4.74 Å². The molecule has 0 bridgehead atoms. The minimum atomic E-state index is -0.699. The van der Waals surface area contributed by atoms with Crippen LogP contribution in [0.15, 0.2) is 86.0 Å². The molecule has 0 saturated heterocycles. The fourth-order valence-electron chi connectivity index (χ4n) is 5.26. The van der Waals surface area contributed by atoms with Crippen LogP contribution in [0.2, 0.25) is 0 Å². The standard InChI is InChI=1S/C33H42N2O5/c1-3-13-27(22-30(37)35-33(24-36)19-11-12-20-33)31(38)34-23-29(26-17-9-6-10-18-26)40-32(39)28(14-4-2)21-25-15-7-5-8-16-25/h3-10,15-18,27-29,36H,1-2,11-14,19-24H2,(H,34,38)(H,35,37)/t27-,28+,29-/m1/s1. The highest BCUT2D eigenvalue weighted by Crippen LogP contribution is 2.29. The third-order valence-electron chi connectivity index (χ3n) is 7.52. The second kappa shape index (κ2) is 15.8. The fraction of sp³-hybridized carbons (Fsp3) is 0.424. The maximum atomic E-state index is 13.3. The number of aliphatic hydroxyl groups excluding tert-OH is 1. The zero-order valence-electron chi connectivity index (χ0n) is 23.2. The highest BCUT2D eigenvalue weighted by Gasteiger charge is 2.35. The van der Waals surface area contributed by atoms with Gasteiger partial charge in [0.25, 0.3) is 0 Å². The van der Waals surface area contributed by atoms with Crippen molar-refractivity contribution in [3.63, 3.8) is 0 Å². The van der Waals surface area contributed by atoms with Crippen LogP contribution in [0, 0.1) is 11.8 Å². The molecule has 7 nitrogen and oxygen atoms in total. The third kappa shape index (κ3) is 9.19. The molecule has 0 radical (unpaired) electrons. The number of hydrogen-bond donors (Lipinski definition) is 3. The van der Waals surface area contributed by atoms with E-state index in [1.807, 2.05) is 60.7 Å². The van der Waals surface area contributed by atoms with Gasteiger partial charge >= 0.3 is 5.97 Å². The number of amides is 2. The van der Waals surface area contributed by atoms with Crippen molar-refractivity contribution in [3.05, 3.63) is 97.1 Å². The van der Waals surface area contributed by atoms with E-state index in [0.717, 1.165) is 36.8 Å². The van der Waals surface area contributed by atoms with Crippen molar-refractivity contribution in [1.29, 1.82) is 0 Å². The molecular formula is C33H42N2O5. The molecule has 1 aliphatic rings. The Bertz CT molecular complexity index is 1110. The lowest BCUT2D eigenvalue weighted by Crippen LogP contribution is -2.50. The quantitative estimate of drug-likeness (QED) is 0.207. The number of benzene rings is 2. The van der Waals surface area contributed by atoms with E-state index in [1.165, 1.54) is 0 Å². The molecule has 0 heterocycles. The number of carbonyl (C=O) groups is 3. The number of rotatable bonds is 16. The van der Waals surface area contributed by atoms with Crippen molar-refractivity contribution >= 4 is 17.8 Å². The van der Waals surface area contributed by atoms with Gasteiger partial charge < -0.3 is 20.5 Å². The number of allylic oxidation sites excluding steroid dienone is 2. The molecule has 0 aromatic heterocycles. The minimum Gasteiger partial charge on any atom is -0.455 e. The zero-order valence-corrected chi connectivity index (χ0v) is 23.2. The Labute approximate surface area is 237 Å². The largest absolute Gasteiger partial charge is 0.455 e. The zero-order chi connectivity index (χ0) is 28.8. The molecule has 40 heavy (non-hydrogen) atoms. The first-order valence-electron chi connectivity index (χ1n) is 14.1. The Morgan fingerprint density at radius 3 is 2.12 bits per heavy atom. The average molecular weight is 547 g/mol. The van der Waals surface area contributed by atoms with E-state index in [1.54, 1.807) is 12.2 Å². The molecule has 0 aliphatic heterocycles. The summed E-state index contributed by atoms with van der Waals surface area (Å²) in [5.41, 5.74) is 1.19. The molecule has 3 rings (SSSR count). The molecule has 2 amide bonds. The van der Waals surface area contributed by atoms with Gasteiger partial charge in [0.1, 0.15) is 6.10 Å². The van der Waals surface area contributed by atoms with Gasteiger partial charge in [0.05, 0.1) is 30.5 Å². The van der Waals surface area contributed by atoms with Crippen LogP contribution < -0.4 is 10.6 Å². The summed E-state index contributed by atoms with van der Waals surface area (Å²) in [5.74, 6) is -1.98. The summed E-state index contributed by atoms with van der Waals surface area (Å²) in [6, 6.07) is 19.0. The lowest BCUT2D eigenvalue weighted by molar-refractivity contribution is -0.154. The van der Waals surface area contributed by atoms with E-state index in [2.05, 4.69) is 23.8 Å². The van der Waals surface area contributed by atoms with Crippen LogP contribution in [0.3, 0.4) is 0 Å². The van der Waals surface area contributed by atoms with Crippen LogP contribution in [-0.2, 0) is 25.5 Å². The lowest BCUT2D eigenvalue weighted by Gasteiger charge is -2.29. The molecule has 7 heteroatoms. The van der Waals surface area contributed by atoms with Crippen LogP contribution >= 0.6 is 0 Å². The van der Waals surface area contributed by atoms with Gasteiger partial charge in [-0.25, -0.2) is 0 Å². The summed E-state index contributed by atoms with van der Waals surface area (Å²) in [6.07, 6.45) is 7.29. The van der Waals surface area contributed by atoms with Gasteiger partial charge in [-0.3, -0.25) is 14.4 Å². The predicted octanol–water partition coefficient (Wildman–Crippen LogP) is 4.83. The topological polar surface area (TPSA) is 105 Å². The van der Waals surface area contributed by atoms with Crippen molar-refractivity contribution in [2.45, 2.75) is 63.0 Å². The maximum Gasteiger partial charge on any atom is 0.310 e. The van der Waals surface area contributed by atoms with Crippen LogP contribution in [0.4, 0.5) is 0 Å². The highest BCUT2D eigenvalue weighted by atomic mass is 16.5. The summed E-state index contributed by atoms with van der Waals surface area (Å²) in [4.78, 5) is 39.3. The van der Waals surface area contributed by atoms with Crippen LogP contribution in [0.1, 0.15) is 62.2 Å². The summed E-state index contributed by atoms with van der Waals surface area (Å²) < 4.78 is 5.98. The normalized spacial score (nSPS) is 16.2. The Hall–Kier alpha value is -3.71. The highest BCUT2D eigenvalue weighted by molar-refractivity contribution is 5.86. The molecule has 2 aromatic rings. The Morgan fingerprint density at radius 1 is 0.925 bits per heavy atom. The lowest BCUT2D eigenvalue weighted by atomic mass is 9.95. The molecule has 0 spiro atoms. The Balaban J connectivity index is 1.66. The van der Waals surface area contributed by atoms with Crippen molar-refractivity contribution in [2.24, 2.45) is 11.8 Å². The van der Waals surface area contributed by atoms with Gasteiger partial charge in [0.15, 0.2) is 0 Å². The van der Waals surface area contributed by atoms with E-state index >= 15 is 0 Å². The smallest absolute Gasteiger partial charge is 0.310 e. The summed E-state index contributed by atoms with van der Waals surface area (Å²) >= 11 is 0. The minimum absolute atomic E-state index is 0.0200. The summed E-state index contributed by atoms with van der Waals surface area (Å²) in [6.45, 7) is 7.51.